The van der Waals surface area contributed by atoms with E-state index in [1.165, 1.54) is 12.1 Å². The third kappa shape index (κ3) is 2.20. The Balaban J connectivity index is 2.39. The van der Waals surface area contributed by atoms with E-state index in [4.69, 9.17) is 5.73 Å². The maximum absolute atomic E-state index is 13.0. The Morgan fingerprint density at radius 2 is 2.35 bits per heavy atom. The maximum atomic E-state index is 13.0. The number of hydrogen-bond acceptors (Lipinski definition) is 3. The number of nitrogens with one attached hydrogen (secondary N) is 1. The van der Waals surface area contributed by atoms with Crippen LogP contribution < -0.4 is 11.1 Å². The molecule has 0 saturated carbocycles. The third-order valence-electron chi connectivity index (χ3n) is 2.42. The summed E-state index contributed by atoms with van der Waals surface area (Å²) < 4.78 is 14.5. The van der Waals surface area contributed by atoms with Crippen LogP contribution in [0.5, 0.6) is 0 Å². The molecule has 1 amide bonds. The van der Waals surface area contributed by atoms with Gasteiger partial charge in [-0.05, 0) is 19.1 Å². The number of nitrogens with two attached hydrogens (primary N) is 1. The summed E-state index contributed by atoms with van der Waals surface area (Å²) in [6, 6.07) is 4.17. The fraction of sp³-hybridized carbons (Fsp3) is 0.273. The average molecular weight is 236 g/mol. The first-order valence-electron chi connectivity index (χ1n) is 5.29. The van der Waals surface area contributed by atoms with Crippen molar-refractivity contribution >= 4 is 22.9 Å². The van der Waals surface area contributed by atoms with E-state index in [-0.39, 0.29) is 24.2 Å². The molecule has 5 nitrogen and oxygen atoms in total. The van der Waals surface area contributed by atoms with Crippen LogP contribution in [0.15, 0.2) is 18.2 Å². The Bertz CT molecular complexity index is 564. The first kappa shape index (κ1) is 11.4. The van der Waals surface area contributed by atoms with Gasteiger partial charge in [-0.25, -0.2) is 9.37 Å². The maximum Gasteiger partial charge on any atom is 0.240 e. The molecule has 0 unspecified atom stereocenters. The molecule has 0 aliphatic rings. The molecule has 0 bridgehead atoms. The number of fused-ring (bicyclic) bond motifs is 1. The quantitative estimate of drug-likeness (QED) is 0.831. The van der Waals surface area contributed by atoms with Crippen molar-refractivity contribution in [3.05, 3.63) is 24.0 Å². The van der Waals surface area contributed by atoms with Crippen LogP contribution in [0.25, 0.3) is 11.0 Å². The van der Waals surface area contributed by atoms with Crippen LogP contribution in [0.3, 0.4) is 0 Å². The Hall–Kier alpha value is -2.11. The Labute approximate surface area is 97.4 Å². The molecule has 0 radical (unpaired) electrons. The number of hydrogen-bond donors (Lipinski definition) is 2. The zero-order valence-corrected chi connectivity index (χ0v) is 9.40. The number of nitrogen functional groups attached to an aromatic ring is 1. The molecule has 1 aromatic heterocycles. The standard InChI is InChI=1S/C11H13FN4O/c1-2-14-10(17)6-16-9-4-3-7(12)5-8(9)15-11(16)13/h3-5H,2,6H2,1H3,(H2,13,15)(H,14,17). The molecule has 90 valence electrons. The summed E-state index contributed by atoms with van der Waals surface area (Å²) in [6.45, 7) is 2.48. The number of nitrogens with zero attached hydrogens (tertiary/aromatic N) is 2. The SMILES string of the molecule is CCNC(=O)Cn1c(N)nc2cc(F)ccc21. The Morgan fingerprint density at radius 1 is 1.59 bits per heavy atom. The highest BCUT2D eigenvalue weighted by Gasteiger charge is 2.11. The second-order valence-corrected chi connectivity index (χ2v) is 3.64. The molecule has 3 N–H and O–H groups in total. The fourth-order valence-corrected chi connectivity index (χ4v) is 1.68. The van der Waals surface area contributed by atoms with Crippen molar-refractivity contribution in [1.82, 2.24) is 14.9 Å². The fourth-order valence-electron chi connectivity index (χ4n) is 1.68. The van der Waals surface area contributed by atoms with Crippen molar-refractivity contribution in [2.75, 3.05) is 12.3 Å². The van der Waals surface area contributed by atoms with Crippen molar-refractivity contribution in [3.8, 4) is 0 Å². The molecule has 0 spiro atoms. The smallest absolute Gasteiger partial charge is 0.240 e. The summed E-state index contributed by atoms with van der Waals surface area (Å²) in [4.78, 5) is 15.5. The molecule has 1 aromatic carbocycles. The van der Waals surface area contributed by atoms with E-state index in [9.17, 15) is 9.18 Å². The van der Waals surface area contributed by atoms with E-state index < -0.39 is 0 Å². The number of amides is 1. The van der Waals surface area contributed by atoms with Gasteiger partial charge >= 0.3 is 0 Å². The molecule has 17 heavy (non-hydrogen) atoms. The average Bonchev–Trinajstić information content (AvgIpc) is 2.55. The van der Waals surface area contributed by atoms with Crippen molar-refractivity contribution in [1.29, 1.82) is 0 Å². The summed E-state index contributed by atoms with van der Waals surface area (Å²) >= 11 is 0. The molecule has 0 saturated heterocycles. The van der Waals surface area contributed by atoms with E-state index in [1.807, 2.05) is 6.92 Å². The lowest BCUT2D eigenvalue weighted by Gasteiger charge is -2.06. The minimum absolute atomic E-state index is 0.0851. The van der Waals surface area contributed by atoms with Gasteiger partial charge in [-0.2, -0.15) is 0 Å². The van der Waals surface area contributed by atoms with Crippen molar-refractivity contribution < 1.29 is 9.18 Å². The lowest BCUT2D eigenvalue weighted by Crippen LogP contribution is -2.27. The molecular formula is C11H13FN4O. The summed E-state index contributed by atoms with van der Waals surface area (Å²) in [7, 11) is 0. The van der Waals surface area contributed by atoms with Gasteiger partial charge in [0.15, 0.2) is 0 Å². The van der Waals surface area contributed by atoms with Crippen LogP contribution in [-0.4, -0.2) is 22.0 Å². The summed E-state index contributed by atoms with van der Waals surface area (Å²) in [6.07, 6.45) is 0. The minimum atomic E-state index is -0.375. The minimum Gasteiger partial charge on any atom is -0.369 e. The predicted molar refractivity (Wildman–Crippen MR) is 62.8 cm³/mol. The lowest BCUT2D eigenvalue weighted by molar-refractivity contribution is -0.121. The Morgan fingerprint density at radius 3 is 3.06 bits per heavy atom. The van der Waals surface area contributed by atoms with Gasteiger partial charge in [0, 0.05) is 12.6 Å². The molecule has 6 heteroatoms. The van der Waals surface area contributed by atoms with Gasteiger partial charge in [0.1, 0.15) is 12.4 Å². The number of aromatic nitrogens is 2. The number of halogens is 1. The van der Waals surface area contributed by atoms with Crippen LogP contribution in [0.2, 0.25) is 0 Å². The van der Waals surface area contributed by atoms with Crippen molar-refractivity contribution in [3.63, 3.8) is 0 Å². The van der Waals surface area contributed by atoms with Gasteiger partial charge in [0.05, 0.1) is 11.0 Å². The van der Waals surface area contributed by atoms with Crippen LogP contribution in [-0.2, 0) is 11.3 Å². The number of anilines is 1. The summed E-state index contributed by atoms with van der Waals surface area (Å²) in [5, 5.41) is 2.67. The second-order valence-electron chi connectivity index (χ2n) is 3.64. The molecule has 1 heterocycles. The van der Waals surface area contributed by atoms with Crippen LogP contribution in [0.1, 0.15) is 6.92 Å². The molecule has 2 aromatic rings. The number of carbonyl (C=O) groups excluding carboxylic acids is 1. The molecule has 0 atom stereocenters. The lowest BCUT2D eigenvalue weighted by atomic mass is 10.3. The van der Waals surface area contributed by atoms with Crippen LogP contribution in [0, 0.1) is 5.82 Å². The molecule has 0 fully saturated rings. The number of imidazole rings is 1. The van der Waals surface area contributed by atoms with Gasteiger partial charge in [-0.1, -0.05) is 0 Å². The molecular weight excluding hydrogens is 223 g/mol. The monoisotopic (exact) mass is 236 g/mol. The zero-order chi connectivity index (χ0) is 12.4. The topological polar surface area (TPSA) is 72.9 Å². The highest BCUT2D eigenvalue weighted by Crippen LogP contribution is 2.18. The van der Waals surface area contributed by atoms with Gasteiger partial charge in [0.2, 0.25) is 11.9 Å². The van der Waals surface area contributed by atoms with Gasteiger partial charge in [0.25, 0.3) is 0 Å². The molecule has 0 aliphatic heterocycles. The van der Waals surface area contributed by atoms with Crippen molar-refractivity contribution in [2.45, 2.75) is 13.5 Å². The number of benzene rings is 1. The molecule has 2 rings (SSSR count). The highest BCUT2D eigenvalue weighted by molar-refractivity contribution is 5.82. The predicted octanol–water partition coefficient (Wildman–Crippen LogP) is 0.894. The van der Waals surface area contributed by atoms with Crippen LogP contribution in [0.4, 0.5) is 10.3 Å². The van der Waals surface area contributed by atoms with Crippen molar-refractivity contribution in [2.24, 2.45) is 0 Å². The second kappa shape index (κ2) is 4.40. The highest BCUT2D eigenvalue weighted by atomic mass is 19.1. The Kier molecular flexibility index (Phi) is 2.95. The number of likely N-dealkylation sites (N-methyl/N-ethyl adjacent to an activating group) is 1. The van der Waals surface area contributed by atoms with E-state index in [0.717, 1.165) is 0 Å². The first-order chi connectivity index (χ1) is 8.11. The van der Waals surface area contributed by atoms with Gasteiger partial charge < -0.3 is 15.6 Å². The number of rotatable bonds is 3. The largest absolute Gasteiger partial charge is 0.369 e. The zero-order valence-electron chi connectivity index (χ0n) is 9.40. The third-order valence-corrected chi connectivity index (χ3v) is 2.42. The number of carbonyl (C=O) groups is 1. The summed E-state index contributed by atoms with van der Waals surface area (Å²) in [5.41, 5.74) is 6.80. The van der Waals surface area contributed by atoms with E-state index in [2.05, 4.69) is 10.3 Å². The first-order valence-corrected chi connectivity index (χ1v) is 5.29. The van der Waals surface area contributed by atoms with E-state index in [1.54, 1.807) is 10.6 Å². The van der Waals surface area contributed by atoms with E-state index in [0.29, 0.717) is 17.6 Å². The normalized spacial score (nSPS) is 10.7. The summed E-state index contributed by atoms with van der Waals surface area (Å²) in [5.74, 6) is -0.320. The van der Waals surface area contributed by atoms with Crippen LogP contribution >= 0.6 is 0 Å². The van der Waals surface area contributed by atoms with Gasteiger partial charge in [-0.15, -0.1) is 0 Å². The van der Waals surface area contributed by atoms with E-state index >= 15 is 0 Å². The van der Waals surface area contributed by atoms with Gasteiger partial charge in [-0.3, -0.25) is 4.79 Å². The molecule has 0 aliphatic carbocycles.